The van der Waals surface area contributed by atoms with E-state index in [1.165, 1.54) is 23.5 Å². The molecular weight excluding hydrogens is 439 g/mol. The number of aromatic nitrogens is 1. The smallest absolute Gasteiger partial charge is 0.317 e. The summed E-state index contributed by atoms with van der Waals surface area (Å²) in [5, 5.41) is 5.42. The summed E-state index contributed by atoms with van der Waals surface area (Å²) in [7, 11) is 0. The van der Waals surface area contributed by atoms with Gasteiger partial charge in [0.25, 0.3) is 5.91 Å². The molecule has 1 fully saturated rings. The second-order valence-electron chi connectivity index (χ2n) is 7.44. The maximum absolute atomic E-state index is 13.3. The second-order valence-corrected chi connectivity index (χ2v) is 8.70. The van der Waals surface area contributed by atoms with Crippen molar-refractivity contribution in [2.75, 3.05) is 11.9 Å². The number of halogens is 2. The summed E-state index contributed by atoms with van der Waals surface area (Å²) in [6.45, 7) is -0.414. The molecule has 0 bridgehead atoms. The first-order valence-corrected chi connectivity index (χ1v) is 11.2. The molecule has 1 saturated carbocycles. The molecule has 5 nitrogen and oxygen atoms in total. The monoisotopic (exact) mass is 458 g/mol. The molecule has 0 atom stereocenters. The van der Waals surface area contributed by atoms with Gasteiger partial charge < -0.3 is 4.74 Å². The van der Waals surface area contributed by atoms with Crippen LogP contribution in [-0.4, -0.2) is 23.5 Å². The Balaban J connectivity index is 1.39. The van der Waals surface area contributed by atoms with Gasteiger partial charge in [-0.05, 0) is 36.6 Å². The summed E-state index contributed by atoms with van der Waals surface area (Å²) in [6, 6.07) is 13.2. The number of amides is 1. The molecule has 1 aliphatic carbocycles. The lowest BCUT2D eigenvalue weighted by molar-refractivity contribution is -0.153. The number of thiazole rings is 1. The summed E-state index contributed by atoms with van der Waals surface area (Å²) in [5.41, 5.74) is 1.33. The molecule has 8 heteroatoms. The molecule has 1 aliphatic rings. The fraction of sp³-hybridized carbons (Fsp3) is 0.261. The van der Waals surface area contributed by atoms with E-state index in [9.17, 15) is 14.0 Å². The van der Waals surface area contributed by atoms with E-state index in [2.05, 4.69) is 10.3 Å². The summed E-state index contributed by atoms with van der Waals surface area (Å²) in [5.74, 6) is -1.28. The predicted octanol–water partition coefficient (Wildman–Crippen LogP) is 5.60. The third kappa shape index (κ3) is 4.62. The Morgan fingerprint density at radius 2 is 1.84 bits per heavy atom. The minimum Gasteiger partial charge on any atom is -0.455 e. The van der Waals surface area contributed by atoms with Crippen LogP contribution in [0.1, 0.15) is 31.2 Å². The summed E-state index contributed by atoms with van der Waals surface area (Å²) < 4.78 is 18.7. The molecule has 1 amide bonds. The van der Waals surface area contributed by atoms with E-state index in [1.807, 2.05) is 18.2 Å². The van der Waals surface area contributed by atoms with E-state index in [0.717, 1.165) is 24.0 Å². The number of carbonyl (C=O) groups is 2. The van der Waals surface area contributed by atoms with E-state index in [0.29, 0.717) is 28.7 Å². The van der Waals surface area contributed by atoms with Gasteiger partial charge in [-0.2, -0.15) is 0 Å². The van der Waals surface area contributed by atoms with Crippen LogP contribution in [-0.2, 0) is 19.7 Å². The number of rotatable bonds is 6. The number of ether oxygens (including phenoxy) is 1. The van der Waals surface area contributed by atoms with Crippen molar-refractivity contribution in [1.82, 2.24) is 4.98 Å². The van der Waals surface area contributed by atoms with Crippen LogP contribution in [0.2, 0.25) is 5.02 Å². The Labute approximate surface area is 188 Å². The summed E-state index contributed by atoms with van der Waals surface area (Å²) in [6.07, 6.45) is 2.99. The minimum atomic E-state index is -0.827. The number of anilines is 1. The molecule has 0 aliphatic heterocycles. The quantitative estimate of drug-likeness (QED) is 0.488. The molecule has 3 aromatic rings. The Morgan fingerprint density at radius 1 is 1.13 bits per heavy atom. The van der Waals surface area contributed by atoms with Crippen molar-refractivity contribution in [2.24, 2.45) is 0 Å². The Kier molecular flexibility index (Phi) is 6.34. The molecule has 1 N–H and O–H groups in total. The lowest BCUT2D eigenvalue weighted by atomic mass is 9.79. The fourth-order valence-electron chi connectivity index (χ4n) is 3.91. The van der Waals surface area contributed by atoms with Gasteiger partial charge in [-0.25, -0.2) is 9.37 Å². The van der Waals surface area contributed by atoms with Crippen LogP contribution in [0.4, 0.5) is 9.52 Å². The van der Waals surface area contributed by atoms with Gasteiger partial charge in [0.1, 0.15) is 5.82 Å². The van der Waals surface area contributed by atoms with Crippen molar-refractivity contribution < 1.29 is 18.7 Å². The third-order valence-electron chi connectivity index (χ3n) is 5.48. The summed E-state index contributed by atoms with van der Waals surface area (Å²) >= 11 is 7.45. The molecular formula is C23H20ClFN2O3S. The van der Waals surface area contributed by atoms with E-state index in [-0.39, 0.29) is 5.82 Å². The SMILES string of the molecule is O=C(COC(=O)C1(c2ccc(F)cc2)CCCC1)Nc1nc(-c2ccccc2Cl)cs1. The first kappa shape index (κ1) is 21.5. The van der Waals surface area contributed by atoms with Crippen LogP contribution >= 0.6 is 22.9 Å². The van der Waals surface area contributed by atoms with Gasteiger partial charge in [0, 0.05) is 16.0 Å². The van der Waals surface area contributed by atoms with Crippen LogP contribution in [0.5, 0.6) is 0 Å². The summed E-state index contributed by atoms with van der Waals surface area (Å²) in [4.78, 5) is 29.6. The van der Waals surface area contributed by atoms with Crippen LogP contribution in [0, 0.1) is 5.82 Å². The first-order valence-electron chi connectivity index (χ1n) is 9.91. The Bertz CT molecular complexity index is 1090. The zero-order valence-electron chi connectivity index (χ0n) is 16.6. The standard InChI is InChI=1S/C23H20ClFN2O3S/c24-18-6-2-1-5-17(18)19-14-31-22(26-19)27-20(28)13-30-21(29)23(11-3-4-12-23)15-7-9-16(25)10-8-15/h1-2,5-10,14H,3-4,11-13H2,(H,26,27,28). The number of nitrogens with zero attached hydrogens (tertiary/aromatic N) is 1. The number of hydrogen-bond acceptors (Lipinski definition) is 5. The molecule has 1 heterocycles. The number of carbonyl (C=O) groups excluding carboxylic acids is 2. The highest BCUT2D eigenvalue weighted by atomic mass is 35.5. The number of nitrogens with one attached hydrogen (secondary N) is 1. The molecule has 2 aromatic carbocycles. The van der Waals surface area contributed by atoms with Crippen molar-refractivity contribution in [3.63, 3.8) is 0 Å². The lowest BCUT2D eigenvalue weighted by Gasteiger charge is -2.27. The van der Waals surface area contributed by atoms with Crippen molar-refractivity contribution in [2.45, 2.75) is 31.1 Å². The Hall–Kier alpha value is -2.77. The van der Waals surface area contributed by atoms with E-state index in [1.54, 1.807) is 23.6 Å². The van der Waals surface area contributed by atoms with Gasteiger partial charge in [-0.3, -0.25) is 14.9 Å². The van der Waals surface area contributed by atoms with Crippen molar-refractivity contribution >= 4 is 39.9 Å². The minimum absolute atomic E-state index is 0.357. The number of esters is 1. The molecule has 0 radical (unpaired) electrons. The average molecular weight is 459 g/mol. The topological polar surface area (TPSA) is 68.3 Å². The highest BCUT2D eigenvalue weighted by molar-refractivity contribution is 7.14. The van der Waals surface area contributed by atoms with Crippen LogP contribution < -0.4 is 5.32 Å². The molecule has 31 heavy (non-hydrogen) atoms. The van der Waals surface area contributed by atoms with Gasteiger partial charge in [-0.15, -0.1) is 11.3 Å². The predicted molar refractivity (Wildman–Crippen MR) is 119 cm³/mol. The van der Waals surface area contributed by atoms with E-state index >= 15 is 0 Å². The molecule has 1 aromatic heterocycles. The maximum Gasteiger partial charge on any atom is 0.317 e. The second kappa shape index (κ2) is 9.16. The van der Waals surface area contributed by atoms with Crippen LogP contribution in [0.3, 0.4) is 0 Å². The lowest BCUT2D eigenvalue weighted by Crippen LogP contribution is -2.36. The van der Waals surface area contributed by atoms with Gasteiger partial charge >= 0.3 is 5.97 Å². The van der Waals surface area contributed by atoms with Crippen molar-refractivity contribution in [3.8, 4) is 11.3 Å². The molecule has 0 saturated heterocycles. The van der Waals surface area contributed by atoms with Crippen LogP contribution in [0.15, 0.2) is 53.9 Å². The van der Waals surface area contributed by atoms with E-state index < -0.39 is 23.9 Å². The fourth-order valence-corrected chi connectivity index (χ4v) is 4.87. The van der Waals surface area contributed by atoms with Gasteiger partial charge in [-0.1, -0.05) is 54.8 Å². The molecule has 160 valence electrons. The third-order valence-corrected chi connectivity index (χ3v) is 6.57. The first-order chi connectivity index (χ1) is 15.0. The van der Waals surface area contributed by atoms with E-state index in [4.69, 9.17) is 16.3 Å². The normalized spacial score (nSPS) is 14.9. The van der Waals surface area contributed by atoms with Crippen molar-refractivity contribution in [3.05, 3.63) is 70.3 Å². The molecule has 0 unspecified atom stereocenters. The van der Waals surface area contributed by atoms with Gasteiger partial charge in [0.15, 0.2) is 11.7 Å². The van der Waals surface area contributed by atoms with Gasteiger partial charge in [0.05, 0.1) is 11.1 Å². The molecule has 0 spiro atoms. The molecule has 4 rings (SSSR count). The van der Waals surface area contributed by atoms with Gasteiger partial charge in [0.2, 0.25) is 0 Å². The largest absolute Gasteiger partial charge is 0.455 e. The zero-order chi connectivity index (χ0) is 21.8. The number of hydrogen-bond donors (Lipinski definition) is 1. The maximum atomic E-state index is 13.3. The average Bonchev–Trinajstić information content (AvgIpc) is 3.44. The zero-order valence-corrected chi connectivity index (χ0v) is 18.1. The van der Waals surface area contributed by atoms with Crippen LogP contribution in [0.25, 0.3) is 11.3 Å². The number of benzene rings is 2. The Morgan fingerprint density at radius 3 is 2.55 bits per heavy atom. The van der Waals surface area contributed by atoms with Crippen molar-refractivity contribution in [1.29, 1.82) is 0 Å². The highest BCUT2D eigenvalue weighted by Gasteiger charge is 2.44. The highest BCUT2D eigenvalue weighted by Crippen LogP contribution is 2.42.